The number of hydrogen-bond acceptors (Lipinski definition) is 4. The van der Waals surface area contributed by atoms with E-state index >= 15 is 0 Å². The van der Waals surface area contributed by atoms with Crippen LogP contribution in [0.2, 0.25) is 0 Å². The second-order valence-corrected chi connectivity index (χ2v) is 8.71. The summed E-state index contributed by atoms with van der Waals surface area (Å²) in [4.78, 5) is 25.9. The van der Waals surface area contributed by atoms with Crippen LogP contribution in [0.4, 0.5) is 5.69 Å². The third-order valence-corrected chi connectivity index (χ3v) is 6.09. The van der Waals surface area contributed by atoms with Gasteiger partial charge in [0.05, 0.1) is 29.0 Å². The minimum absolute atomic E-state index is 0.142. The zero-order valence-corrected chi connectivity index (χ0v) is 19.2. The van der Waals surface area contributed by atoms with Gasteiger partial charge in [0.2, 0.25) is 5.91 Å². The Hall–Kier alpha value is -3.08. The monoisotopic (exact) mass is 493 g/mol. The topological polar surface area (TPSA) is 82.0 Å². The highest BCUT2D eigenvalue weighted by Crippen LogP contribution is 2.24. The Morgan fingerprint density at radius 2 is 1.81 bits per heavy atom. The number of rotatable bonds is 7. The zero-order valence-electron chi connectivity index (χ0n) is 16.8. The Bertz CT molecular complexity index is 1130. The smallest absolute Gasteiger partial charge is 0.252 e. The molecule has 1 atom stereocenters. The minimum atomic E-state index is -0.210. The van der Waals surface area contributed by atoms with Crippen LogP contribution >= 0.6 is 27.7 Å². The van der Waals surface area contributed by atoms with Crippen LogP contribution in [0, 0.1) is 11.3 Å². The summed E-state index contributed by atoms with van der Waals surface area (Å²) in [5, 5.41) is 14.8. The van der Waals surface area contributed by atoms with Crippen LogP contribution in [-0.2, 0) is 4.79 Å². The highest BCUT2D eigenvalue weighted by Gasteiger charge is 2.16. The van der Waals surface area contributed by atoms with E-state index in [1.807, 2.05) is 49.4 Å². The van der Waals surface area contributed by atoms with Crippen molar-refractivity contribution in [3.8, 4) is 6.07 Å². The summed E-state index contributed by atoms with van der Waals surface area (Å²) in [6.07, 6.45) is 0. The summed E-state index contributed by atoms with van der Waals surface area (Å²) in [6.45, 7) is 1.93. The van der Waals surface area contributed by atoms with Gasteiger partial charge in [0, 0.05) is 15.1 Å². The van der Waals surface area contributed by atoms with Gasteiger partial charge in [-0.15, -0.1) is 11.8 Å². The van der Waals surface area contributed by atoms with Crippen molar-refractivity contribution >= 4 is 45.2 Å². The lowest BCUT2D eigenvalue weighted by Gasteiger charge is -2.16. The van der Waals surface area contributed by atoms with Crippen LogP contribution in [-0.4, -0.2) is 17.6 Å². The number of nitriles is 1. The van der Waals surface area contributed by atoms with E-state index in [1.165, 1.54) is 11.8 Å². The van der Waals surface area contributed by atoms with Crippen LogP contribution in [0.15, 0.2) is 82.2 Å². The molecule has 0 heterocycles. The fraction of sp³-hybridized carbons (Fsp3) is 0.125. The molecule has 156 valence electrons. The maximum atomic E-state index is 12.9. The van der Waals surface area contributed by atoms with E-state index in [0.29, 0.717) is 16.8 Å². The first-order chi connectivity index (χ1) is 15.0. The highest BCUT2D eigenvalue weighted by atomic mass is 79.9. The molecule has 0 aromatic heterocycles. The number of halogens is 1. The van der Waals surface area contributed by atoms with Crippen LogP contribution in [0.5, 0.6) is 0 Å². The van der Waals surface area contributed by atoms with Crippen molar-refractivity contribution in [2.45, 2.75) is 17.9 Å². The van der Waals surface area contributed by atoms with Crippen molar-refractivity contribution in [3.05, 3.63) is 94.0 Å². The third kappa shape index (κ3) is 6.45. The van der Waals surface area contributed by atoms with E-state index in [4.69, 9.17) is 5.26 Å². The molecule has 3 aromatic carbocycles. The van der Waals surface area contributed by atoms with Crippen LogP contribution < -0.4 is 10.6 Å². The number of carbonyl (C=O) groups is 2. The largest absolute Gasteiger partial charge is 0.345 e. The van der Waals surface area contributed by atoms with Crippen LogP contribution in [0.3, 0.4) is 0 Å². The molecule has 0 fully saturated rings. The molecule has 5 nitrogen and oxygen atoms in total. The summed E-state index contributed by atoms with van der Waals surface area (Å²) in [6, 6.07) is 23.6. The quantitative estimate of drug-likeness (QED) is 0.423. The standard InChI is InChI=1S/C24H20BrN3O2S/c1-16(18-9-11-19(25)12-10-18)27-24(30)21-7-2-3-8-22(21)31-15-23(29)28-20-6-4-5-17(13-20)14-26/h2-13,16H,15H2,1H3,(H,27,30)(H,28,29). The lowest BCUT2D eigenvalue weighted by atomic mass is 10.1. The first-order valence-electron chi connectivity index (χ1n) is 9.54. The van der Waals surface area contributed by atoms with Gasteiger partial charge in [-0.25, -0.2) is 0 Å². The number of anilines is 1. The van der Waals surface area contributed by atoms with Gasteiger partial charge in [-0.3, -0.25) is 9.59 Å². The Morgan fingerprint density at radius 3 is 2.55 bits per heavy atom. The van der Waals surface area contributed by atoms with E-state index in [-0.39, 0.29) is 23.6 Å². The number of hydrogen-bond donors (Lipinski definition) is 2. The predicted molar refractivity (Wildman–Crippen MR) is 127 cm³/mol. The highest BCUT2D eigenvalue weighted by molar-refractivity contribution is 9.10. The summed E-state index contributed by atoms with van der Waals surface area (Å²) in [5.74, 6) is -0.261. The zero-order chi connectivity index (χ0) is 22.2. The first-order valence-corrected chi connectivity index (χ1v) is 11.3. The molecule has 0 aliphatic carbocycles. The number of thioether (sulfide) groups is 1. The molecule has 2 amide bonds. The number of nitrogens with one attached hydrogen (secondary N) is 2. The Balaban J connectivity index is 1.62. The molecular formula is C24H20BrN3O2S. The van der Waals surface area contributed by atoms with Crippen molar-refractivity contribution in [3.63, 3.8) is 0 Å². The summed E-state index contributed by atoms with van der Waals surface area (Å²) < 4.78 is 0.981. The van der Waals surface area contributed by atoms with Gasteiger partial charge in [-0.1, -0.05) is 46.3 Å². The molecule has 0 saturated heterocycles. The van der Waals surface area contributed by atoms with Crippen molar-refractivity contribution in [1.82, 2.24) is 5.32 Å². The Labute approximate surface area is 194 Å². The first kappa shape index (κ1) is 22.6. The van der Waals surface area contributed by atoms with E-state index in [9.17, 15) is 9.59 Å². The van der Waals surface area contributed by atoms with Crippen molar-refractivity contribution < 1.29 is 9.59 Å². The maximum absolute atomic E-state index is 12.9. The minimum Gasteiger partial charge on any atom is -0.345 e. The van der Waals surface area contributed by atoms with E-state index in [2.05, 4.69) is 26.6 Å². The van der Waals surface area contributed by atoms with Crippen molar-refractivity contribution in [1.29, 1.82) is 5.26 Å². The number of amides is 2. The molecule has 3 aromatic rings. The van der Waals surface area contributed by atoms with E-state index in [1.54, 1.807) is 36.4 Å². The van der Waals surface area contributed by atoms with E-state index < -0.39 is 0 Å². The fourth-order valence-corrected chi connectivity index (χ4v) is 4.01. The van der Waals surface area contributed by atoms with E-state index in [0.717, 1.165) is 14.9 Å². The second kappa shape index (κ2) is 10.8. The third-order valence-electron chi connectivity index (χ3n) is 4.48. The van der Waals surface area contributed by atoms with Gasteiger partial charge in [0.1, 0.15) is 0 Å². The summed E-state index contributed by atoms with van der Waals surface area (Å²) in [7, 11) is 0. The van der Waals surface area contributed by atoms with Crippen molar-refractivity contribution in [2.75, 3.05) is 11.1 Å². The molecule has 31 heavy (non-hydrogen) atoms. The SMILES string of the molecule is CC(NC(=O)c1ccccc1SCC(=O)Nc1cccc(C#N)c1)c1ccc(Br)cc1. The summed E-state index contributed by atoms with van der Waals surface area (Å²) in [5.41, 5.74) is 2.57. The summed E-state index contributed by atoms with van der Waals surface area (Å²) >= 11 is 4.70. The molecule has 0 aliphatic heterocycles. The fourth-order valence-electron chi connectivity index (χ4n) is 2.90. The Kier molecular flexibility index (Phi) is 7.88. The van der Waals surface area contributed by atoms with Crippen molar-refractivity contribution in [2.24, 2.45) is 0 Å². The average molecular weight is 494 g/mol. The van der Waals surface area contributed by atoms with Crippen LogP contribution in [0.1, 0.15) is 34.5 Å². The number of nitrogens with zero attached hydrogens (tertiary/aromatic N) is 1. The molecular weight excluding hydrogens is 474 g/mol. The molecule has 2 N–H and O–H groups in total. The molecule has 1 unspecified atom stereocenters. The molecule has 0 radical (unpaired) electrons. The normalized spacial score (nSPS) is 11.3. The van der Waals surface area contributed by atoms with Gasteiger partial charge in [-0.05, 0) is 55.0 Å². The lowest BCUT2D eigenvalue weighted by molar-refractivity contribution is -0.113. The second-order valence-electron chi connectivity index (χ2n) is 6.77. The van der Waals surface area contributed by atoms with Gasteiger partial charge in [0.15, 0.2) is 0 Å². The molecule has 0 bridgehead atoms. The molecule has 7 heteroatoms. The average Bonchev–Trinajstić information content (AvgIpc) is 2.78. The van der Waals surface area contributed by atoms with Gasteiger partial charge >= 0.3 is 0 Å². The maximum Gasteiger partial charge on any atom is 0.252 e. The molecule has 0 saturated carbocycles. The van der Waals surface area contributed by atoms with Gasteiger partial charge < -0.3 is 10.6 Å². The molecule has 0 spiro atoms. The van der Waals surface area contributed by atoms with Gasteiger partial charge in [-0.2, -0.15) is 5.26 Å². The molecule has 3 rings (SSSR count). The Morgan fingerprint density at radius 1 is 1.06 bits per heavy atom. The van der Waals surface area contributed by atoms with Crippen LogP contribution in [0.25, 0.3) is 0 Å². The number of carbonyl (C=O) groups excluding carboxylic acids is 2. The molecule has 0 aliphatic rings. The lowest BCUT2D eigenvalue weighted by Crippen LogP contribution is -2.27. The predicted octanol–water partition coefficient (Wildman–Crippen LogP) is 5.54. The number of benzene rings is 3. The van der Waals surface area contributed by atoms with Gasteiger partial charge in [0.25, 0.3) is 5.91 Å².